The Morgan fingerprint density at radius 1 is 1.19 bits per heavy atom. The van der Waals surface area contributed by atoms with Crippen LogP contribution in [-0.2, 0) is 0 Å². The second kappa shape index (κ2) is 4.06. The van der Waals surface area contributed by atoms with Crippen LogP contribution in [0.5, 0.6) is 0 Å². The van der Waals surface area contributed by atoms with Gasteiger partial charge in [-0.1, -0.05) is 0 Å². The van der Waals surface area contributed by atoms with E-state index in [9.17, 15) is 4.39 Å². The van der Waals surface area contributed by atoms with Crippen LogP contribution in [-0.4, -0.2) is 25.7 Å². The van der Waals surface area contributed by atoms with Gasteiger partial charge in [-0.25, -0.2) is 4.39 Å². The van der Waals surface area contributed by atoms with E-state index in [1.54, 1.807) is 12.1 Å². The highest BCUT2D eigenvalue weighted by Gasteiger charge is 2.35. The van der Waals surface area contributed by atoms with E-state index in [4.69, 9.17) is 0 Å². The third kappa shape index (κ3) is 1.69. The zero-order chi connectivity index (χ0) is 11.0. The molecular weight excluding hydrogens is 203 g/mol. The first-order valence-corrected chi connectivity index (χ1v) is 6.07. The number of fused-ring (bicyclic) bond motifs is 1. The lowest BCUT2D eigenvalue weighted by atomic mass is 9.94. The maximum absolute atomic E-state index is 12.9. The van der Waals surface area contributed by atoms with E-state index in [1.165, 1.54) is 18.5 Å². The third-order valence-electron chi connectivity index (χ3n) is 3.87. The summed E-state index contributed by atoms with van der Waals surface area (Å²) in [7, 11) is 0. The molecular formula is C13H17FN2. The predicted molar refractivity (Wildman–Crippen MR) is 63.1 cm³/mol. The fourth-order valence-corrected chi connectivity index (χ4v) is 3.04. The molecule has 0 saturated carbocycles. The normalized spacial score (nSPS) is 29.2. The molecule has 2 aliphatic heterocycles. The van der Waals surface area contributed by atoms with Crippen molar-refractivity contribution in [3.05, 3.63) is 30.1 Å². The SMILES string of the molecule is Fc1ccc(N2CCC3CNCCC32)cc1. The van der Waals surface area contributed by atoms with Gasteiger partial charge in [0.25, 0.3) is 0 Å². The van der Waals surface area contributed by atoms with Gasteiger partial charge in [0.15, 0.2) is 0 Å². The van der Waals surface area contributed by atoms with Crippen molar-refractivity contribution in [1.29, 1.82) is 0 Å². The van der Waals surface area contributed by atoms with Gasteiger partial charge in [0.05, 0.1) is 0 Å². The van der Waals surface area contributed by atoms with Crippen LogP contribution in [0.15, 0.2) is 24.3 Å². The number of nitrogens with one attached hydrogen (secondary N) is 1. The Bertz CT molecular complexity index is 363. The number of hydrogen-bond donors (Lipinski definition) is 1. The molecule has 16 heavy (non-hydrogen) atoms. The first kappa shape index (κ1) is 10.1. The van der Waals surface area contributed by atoms with E-state index in [0.717, 1.165) is 25.6 Å². The van der Waals surface area contributed by atoms with E-state index in [0.29, 0.717) is 6.04 Å². The Labute approximate surface area is 95.4 Å². The second-order valence-electron chi connectivity index (χ2n) is 4.78. The molecule has 2 nitrogen and oxygen atoms in total. The van der Waals surface area contributed by atoms with Gasteiger partial charge in [-0.15, -0.1) is 0 Å². The van der Waals surface area contributed by atoms with Crippen molar-refractivity contribution < 1.29 is 4.39 Å². The Morgan fingerprint density at radius 3 is 2.81 bits per heavy atom. The fraction of sp³-hybridized carbons (Fsp3) is 0.538. The van der Waals surface area contributed by atoms with Crippen LogP contribution in [0, 0.1) is 11.7 Å². The van der Waals surface area contributed by atoms with Gasteiger partial charge >= 0.3 is 0 Å². The minimum Gasteiger partial charge on any atom is -0.368 e. The predicted octanol–water partition coefficient (Wildman–Crippen LogP) is 2.01. The molecule has 3 rings (SSSR count). The van der Waals surface area contributed by atoms with Gasteiger partial charge in [-0.05, 0) is 56.1 Å². The number of anilines is 1. The van der Waals surface area contributed by atoms with Crippen molar-refractivity contribution in [2.75, 3.05) is 24.5 Å². The van der Waals surface area contributed by atoms with E-state index < -0.39 is 0 Å². The van der Waals surface area contributed by atoms with Gasteiger partial charge in [-0.2, -0.15) is 0 Å². The average molecular weight is 220 g/mol. The highest BCUT2D eigenvalue weighted by molar-refractivity contribution is 5.48. The van der Waals surface area contributed by atoms with E-state index in [-0.39, 0.29) is 5.82 Å². The quantitative estimate of drug-likeness (QED) is 0.779. The smallest absolute Gasteiger partial charge is 0.123 e. The minimum atomic E-state index is -0.148. The zero-order valence-electron chi connectivity index (χ0n) is 9.32. The summed E-state index contributed by atoms with van der Waals surface area (Å²) in [4.78, 5) is 2.45. The van der Waals surface area contributed by atoms with Gasteiger partial charge < -0.3 is 10.2 Å². The van der Waals surface area contributed by atoms with E-state index in [2.05, 4.69) is 10.2 Å². The van der Waals surface area contributed by atoms with Crippen molar-refractivity contribution in [1.82, 2.24) is 5.32 Å². The molecule has 2 atom stereocenters. The molecule has 2 unspecified atom stereocenters. The molecule has 2 fully saturated rings. The van der Waals surface area contributed by atoms with E-state index >= 15 is 0 Å². The third-order valence-corrected chi connectivity index (χ3v) is 3.87. The average Bonchev–Trinajstić information content (AvgIpc) is 2.74. The monoisotopic (exact) mass is 220 g/mol. The van der Waals surface area contributed by atoms with Crippen LogP contribution < -0.4 is 10.2 Å². The molecule has 0 spiro atoms. The first-order chi connectivity index (χ1) is 7.84. The number of halogens is 1. The van der Waals surface area contributed by atoms with Crippen LogP contribution in [0.1, 0.15) is 12.8 Å². The van der Waals surface area contributed by atoms with Crippen molar-refractivity contribution in [3.63, 3.8) is 0 Å². The Morgan fingerprint density at radius 2 is 2.00 bits per heavy atom. The molecule has 0 aliphatic carbocycles. The number of hydrogen-bond acceptors (Lipinski definition) is 2. The lowest BCUT2D eigenvalue weighted by Gasteiger charge is -2.33. The fourth-order valence-electron chi connectivity index (χ4n) is 3.04. The van der Waals surface area contributed by atoms with Gasteiger partial charge in [0.2, 0.25) is 0 Å². The molecule has 0 radical (unpaired) electrons. The van der Waals surface area contributed by atoms with Crippen molar-refractivity contribution in [2.24, 2.45) is 5.92 Å². The van der Waals surface area contributed by atoms with Crippen molar-refractivity contribution in [2.45, 2.75) is 18.9 Å². The Balaban J connectivity index is 1.82. The number of rotatable bonds is 1. The molecule has 86 valence electrons. The summed E-state index contributed by atoms with van der Waals surface area (Å²) in [6.07, 6.45) is 2.47. The van der Waals surface area contributed by atoms with Crippen LogP contribution in [0.3, 0.4) is 0 Å². The summed E-state index contributed by atoms with van der Waals surface area (Å²) in [6.45, 7) is 3.36. The maximum Gasteiger partial charge on any atom is 0.123 e. The molecule has 0 aromatic heterocycles. The highest BCUT2D eigenvalue weighted by atomic mass is 19.1. The highest BCUT2D eigenvalue weighted by Crippen LogP contribution is 2.32. The molecule has 1 aromatic rings. The largest absolute Gasteiger partial charge is 0.368 e. The van der Waals surface area contributed by atoms with Crippen molar-refractivity contribution in [3.8, 4) is 0 Å². The second-order valence-corrected chi connectivity index (χ2v) is 4.78. The lowest BCUT2D eigenvalue weighted by Crippen LogP contribution is -2.43. The summed E-state index contributed by atoms with van der Waals surface area (Å²) in [5, 5.41) is 3.45. The molecule has 2 aliphatic rings. The summed E-state index contributed by atoms with van der Waals surface area (Å²) in [5.74, 6) is 0.628. The lowest BCUT2D eigenvalue weighted by molar-refractivity contribution is 0.361. The van der Waals surface area contributed by atoms with Gasteiger partial charge in [0, 0.05) is 18.3 Å². The summed E-state index contributed by atoms with van der Waals surface area (Å²) in [6, 6.07) is 7.58. The molecule has 1 aromatic carbocycles. The van der Waals surface area contributed by atoms with Crippen molar-refractivity contribution >= 4 is 5.69 Å². The number of piperidine rings is 1. The van der Waals surface area contributed by atoms with Gasteiger partial charge in [0.1, 0.15) is 5.82 Å². The zero-order valence-corrected chi connectivity index (χ0v) is 9.32. The molecule has 1 N–H and O–H groups in total. The summed E-state index contributed by atoms with van der Waals surface area (Å²) in [5.41, 5.74) is 1.18. The summed E-state index contributed by atoms with van der Waals surface area (Å²) >= 11 is 0. The standard InChI is InChI=1S/C13H17FN2/c14-11-1-3-12(4-2-11)16-8-6-10-9-15-7-5-13(10)16/h1-4,10,13,15H,5-9H2. The summed E-state index contributed by atoms with van der Waals surface area (Å²) < 4.78 is 12.9. The maximum atomic E-state index is 12.9. The van der Waals surface area contributed by atoms with Gasteiger partial charge in [-0.3, -0.25) is 0 Å². The topological polar surface area (TPSA) is 15.3 Å². The molecule has 0 amide bonds. The van der Waals surface area contributed by atoms with Crippen LogP contribution in [0.2, 0.25) is 0 Å². The minimum absolute atomic E-state index is 0.148. The van der Waals surface area contributed by atoms with E-state index in [1.807, 2.05) is 12.1 Å². The van der Waals surface area contributed by atoms with Crippen LogP contribution in [0.4, 0.5) is 10.1 Å². The van der Waals surface area contributed by atoms with Crippen LogP contribution in [0.25, 0.3) is 0 Å². The molecule has 3 heteroatoms. The van der Waals surface area contributed by atoms with Crippen LogP contribution >= 0.6 is 0 Å². The molecule has 0 bridgehead atoms. The number of benzene rings is 1. The molecule has 2 heterocycles. The molecule has 2 saturated heterocycles. The Kier molecular flexibility index (Phi) is 2.56. The Hall–Kier alpha value is -1.09. The number of nitrogens with zero attached hydrogens (tertiary/aromatic N) is 1. The first-order valence-electron chi connectivity index (χ1n) is 6.07.